The van der Waals surface area contributed by atoms with Crippen molar-refractivity contribution in [3.63, 3.8) is 0 Å². The first-order valence-electron chi connectivity index (χ1n) is 8.42. The average molecular weight is 449 g/mol. The van der Waals surface area contributed by atoms with Gasteiger partial charge in [-0.3, -0.25) is 10.1 Å². The van der Waals surface area contributed by atoms with Crippen LogP contribution in [0.5, 0.6) is 5.75 Å². The highest BCUT2D eigenvalue weighted by atomic mass is 79.9. The molecule has 0 aliphatic heterocycles. The van der Waals surface area contributed by atoms with E-state index in [4.69, 9.17) is 4.74 Å². The molecule has 1 heterocycles. The van der Waals surface area contributed by atoms with E-state index >= 15 is 0 Å². The van der Waals surface area contributed by atoms with Crippen LogP contribution in [0.1, 0.15) is 28.6 Å². The second-order valence-electron chi connectivity index (χ2n) is 5.85. The molecule has 0 radical (unpaired) electrons. The van der Waals surface area contributed by atoms with Crippen LogP contribution in [0.15, 0.2) is 46.9 Å². The number of halogens is 2. The highest BCUT2D eigenvalue weighted by molar-refractivity contribution is 9.10. The lowest BCUT2D eigenvalue weighted by atomic mass is 10.1. The Morgan fingerprint density at radius 3 is 2.63 bits per heavy atom. The second kappa shape index (κ2) is 8.63. The molecule has 0 aliphatic carbocycles. The topological polar surface area (TPSA) is 51.2 Å². The molecule has 1 amide bonds. The number of methoxy groups -OCH3 is 1. The van der Waals surface area contributed by atoms with E-state index < -0.39 is 0 Å². The molecule has 3 aromatic rings. The monoisotopic (exact) mass is 448 g/mol. The molecule has 0 atom stereocenters. The summed E-state index contributed by atoms with van der Waals surface area (Å²) in [5.74, 6) is 0.120. The van der Waals surface area contributed by atoms with Crippen molar-refractivity contribution < 1.29 is 13.9 Å². The minimum absolute atomic E-state index is 0.249. The lowest BCUT2D eigenvalue weighted by molar-refractivity contribution is 0.102. The fourth-order valence-electron chi connectivity index (χ4n) is 2.61. The second-order valence-corrected chi connectivity index (χ2v) is 7.79. The molecule has 1 N–H and O–H groups in total. The summed E-state index contributed by atoms with van der Waals surface area (Å²) in [6, 6.07) is 11.4. The number of hydrogen-bond acceptors (Lipinski definition) is 4. The molecular weight excluding hydrogens is 431 g/mol. The SMILES string of the molecule is CCCc1sc(NC(=O)c2ccc(OC)c(Br)c2)nc1-c1ccc(F)cc1. The van der Waals surface area contributed by atoms with Crippen LogP contribution in [0.4, 0.5) is 9.52 Å². The van der Waals surface area contributed by atoms with Gasteiger partial charge in [0.25, 0.3) is 5.91 Å². The molecule has 0 spiro atoms. The van der Waals surface area contributed by atoms with Gasteiger partial charge in [-0.2, -0.15) is 0 Å². The van der Waals surface area contributed by atoms with Gasteiger partial charge in [0, 0.05) is 16.0 Å². The third kappa shape index (κ3) is 4.54. The molecular formula is C20H18BrFN2O2S. The number of benzene rings is 2. The smallest absolute Gasteiger partial charge is 0.257 e. The van der Waals surface area contributed by atoms with E-state index in [2.05, 4.69) is 33.2 Å². The van der Waals surface area contributed by atoms with Crippen molar-refractivity contribution >= 4 is 38.3 Å². The minimum Gasteiger partial charge on any atom is -0.496 e. The van der Waals surface area contributed by atoms with Crippen LogP contribution in [-0.4, -0.2) is 18.0 Å². The predicted molar refractivity (Wildman–Crippen MR) is 110 cm³/mol. The molecule has 0 fully saturated rings. The summed E-state index contributed by atoms with van der Waals surface area (Å²) in [6.45, 7) is 2.08. The number of thiazole rings is 1. The van der Waals surface area contributed by atoms with Crippen molar-refractivity contribution in [2.45, 2.75) is 19.8 Å². The Kier molecular flexibility index (Phi) is 6.23. The Bertz CT molecular complexity index is 957. The minimum atomic E-state index is -0.287. The maximum atomic E-state index is 13.2. The van der Waals surface area contributed by atoms with Gasteiger partial charge >= 0.3 is 0 Å². The molecule has 3 rings (SSSR count). The first-order chi connectivity index (χ1) is 13.0. The number of hydrogen-bond donors (Lipinski definition) is 1. The van der Waals surface area contributed by atoms with Crippen LogP contribution < -0.4 is 10.1 Å². The molecule has 2 aromatic carbocycles. The molecule has 0 saturated heterocycles. The van der Waals surface area contributed by atoms with Gasteiger partial charge in [-0.1, -0.05) is 13.3 Å². The first-order valence-corrected chi connectivity index (χ1v) is 10.0. The van der Waals surface area contributed by atoms with Crippen molar-refractivity contribution in [2.75, 3.05) is 12.4 Å². The average Bonchev–Trinajstić information content (AvgIpc) is 3.05. The van der Waals surface area contributed by atoms with Crippen molar-refractivity contribution in [3.05, 3.63) is 63.2 Å². The Morgan fingerprint density at radius 2 is 2.00 bits per heavy atom. The van der Waals surface area contributed by atoms with E-state index in [0.717, 1.165) is 29.0 Å². The van der Waals surface area contributed by atoms with Crippen LogP contribution in [0, 0.1) is 5.82 Å². The van der Waals surface area contributed by atoms with Crippen LogP contribution in [0.2, 0.25) is 0 Å². The number of nitrogens with one attached hydrogen (secondary N) is 1. The van der Waals surface area contributed by atoms with Gasteiger partial charge in [-0.25, -0.2) is 9.37 Å². The van der Waals surface area contributed by atoms with E-state index in [9.17, 15) is 9.18 Å². The number of anilines is 1. The number of aromatic nitrogens is 1. The fourth-order valence-corrected chi connectivity index (χ4v) is 4.23. The number of ether oxygens (including phenoxy) is 1. The fraction of sp³-hybridized carbons (Fsp3) is 0.200. The molecule has 7 heteroatoms. The van der Waals surface area contributed by atoms with E-state index in [1.54, 1.807) is 37.4 Å². The summed E-state index contributed by atoms with van der Waals surface area (Å²) >= 11 is 4.83. The lowest BCUT2D eigenvalue weighted by Gasteiger charge is -2.06. The van der Waals surface area contributed by atoms with Crippen molar-refractivity contribution in [1.29, 1.82) is 0 Å². The number of aryl methyl sites for hydroxylation is 1. The van der Waals surface area contributed by atoms with Crippen LogP contribution in [-0.2, 0) is 6.42 Å². The van der Waals surface area contributed by atoms with Crippen LogP contribution in [0.25, 0.3) is 11.3 Å². The maximum Gasteiger partial charge on any atom is 0.257 e. The van der Waals surface area contributed by atoms with Gasteiger partial charge < -0.3 is 4.74 Å². The zero-order valence-corrected chi connectivity index (χ0v) is 17.3. The molecule has 1 aromatic heterocycles. The normalized spacial score (nSPS) is 10.7. The Labute approximate surface area is 169 Å². The number of nitrogens with zero attached hydrogens (tertiary/aromatic N) is 1. The number of carbonyl (C=O) groups excluding carboxylic acids is 1. The summed E-state index contributed by atoms with van der Waals surface area (Å²) in [5.41, 5.74) is 2.12. The first kappa shape index (κ1) is 19.5. The van der Waals surface area contributed by atoms with Gasteiger partial charge in [-0.05, 0) is 64.8 Å². The van der Waals surface area contributed by atoms with Gasteiger partial charge in [0.15, 0.2) is 5.13 Å². The van der Waals surface area contributed by atoms with E-state index in [0.29, 0.717) is 20.9 Å². The largest absolute Gasteiger partial charge is 0.496 e. The van der Waals surface area contributed by atoms with Gasteiger partial charge in [0.05, 0.1) is 17.3 Å². The highest BCUT2D eigenvalue weighted by Crippen LogP contribution is 2.33. The Balaban J connectivity index is 1.86. The Hall–Kier alpha value is -2.25. The molecule has 0 saturated carbocycles. The van der Waals surface area contributed by atoms with Gasteiger partial charge in [-0.15, -0.1) is 11.3 Å². The van der Waals surface area contributed by atoms with Gasteiger partial charge in [0.1, 0.15) is 11.6 Å². The third-order valence-corrected chi connectivity index (χ3v) is 5.58. The summed E-state index contributed by atoms with van der Waals surface area (Å²) in [7, 11) is 1.57. The van der Waals surface area contributed by atoms with Crippen LogP contribution in [0.3, 0.4) is 0 Å². The number of carbonyl (C=O) groups is 1. The summed E-state index contributed by atoms with van der Waals surface area (Å²) in [5, 5.41) is 3.38. The standard InChI is InChI=1S/C20H18BrFN2O2S/c1-3-4-17-18(12-5-8-14(22)9-6-12)23-20(27-17)24-19(25)13-7-10-16(26-2)15(21)11-13/h5-11H,3-4H2,1-2H3,(H,23,24,25). The molecule has 4 nitrogen and oxygen atoms in total. The van der Waals surface area contributed by atoms with E-state index in [1.807, 2.05) is 0 Å². The zero-order chi connectivity index (χ0) is 19.4. The van der Waals surface area contributed by atoms with E-state index in [1.165, 1.54) is 23.5 Å². The lowest BCUT2D eigenvalue weighted by Crippen LogP contribution is -2.11. The molecule has 0 unspecified atom stereocenters. The molecule has 27 heavy (non-hydrogen) atoms. The number of amides is 1. The summed E-state index contributed by atoms with van der Waals surface area (Å²) in [4.78, 5) is 18.2. The predicted octanol–water partition coefficient (Wildman–Crippen LogP) is 5.93. The Morgan fingerprint density at radius 1 is 1.26 bits per heavy atom. The van der Waals surface area contributed by atoms with Gasteiger partial charge in [0.2, 0.25) is 0 Å². The van der Waals surface area contributed by atoms with Crippen molar-refractivity contribution in [2.24, 2.45) is 0 Å². The quantitative estimate of drug-likeness (QED) is 0.508. The summed E-state index contributed by atoms with van der Waals surface area (Å²) in [6.07, 6.45) is 1.80. The highest BCUT2D eigenvalue weighted by Gasteiger charge is 2.16. The molecule has 0 aliphatic rings. The zero-order valence-electron chi connectivity index (χ0n) is 14.9. The van der Waals surface area contributed by atoms with Crippen LogP contribution >= 0.6 is 27.3 Å². The maximum absolute atomic E-state index is 13.2. The molecule has 0 bridgehead atoms. The molecule has 140 valence electrons. The van der Waals surface area contributed by atoms with Crippen molar-refractivity contribution in [3.8, 4) is 17.0 Å². The third-order valence-electron chi connectivity index (χ3n) is 3.93. The summed E-state index contributed by atoms with van der Waals surface area (Å²) < 4.78 is 19.1. The van der Waals surface area contributed by atoms with Crippen molar-refractivity contribution in [1.82, 2.24) is 4.98 Å². The van der Waals surface area contributed by atoms with E-state index in [-0.39, 0.29) is 11.7 Å². The number of rotatable bonds is 6.